The molecule has 24 rings (SSSR count). The third-order valence-corrected chi connectivity index (χ3v) is 29.2. The Kier molecular flexibility index (Phi) is 27.0. The number of hydrogen-bond donors (Lipinski definition) is 2. The van der Waals surface area contributed by atoms with Crippen LogP contribution in [0.3, 0.4) is 0 Å². The highest BCUT2D eigenvalue weighted by Gasteiger charge is 2.52. The smallest absolute Gasteiger partial charge is 0.423 e. The van der Waals surface area contributed by atoms with E-state index in [1.807, 2.05) is 103 Å². The number of hydrogen-bond acceptors (Lipinski definition) is 13. The molecular formula is C120H87B2Cl3N6O4S3. The van der Waals surface area contributed by atoms with Crippen molar-refractivity contribution in [3.63, 3.8) is 0 Å². The van der Waals surface area contributed by atoms with E-state index in [0.717, 1.165) is 119 Å². The average Bonchev–Trinajstić information content (AvgIpc) is 1.61. The van der Waals surface area contributed by atoms with E-state index in [-0.39, 0.29) is 28.9 Å². The van der Waals surface area contributed by atoms with Gasteiger partial charge in [0.05, 0.1) is 53.2 Å². The number of nitrogens with zero attached hydrogens (tertiary/aromatic N) is 6. The fourth-order valence-corrected chi connectivity index (χ4v) is 21.0. The second kappa shape index (κ2) is 40.8. The molecule has 10 nitrogen and oxygen atoms in total. The molecule has 0 saturated carbocycles. The molecule has 0 radical (unpaired) electrons. The summed E-state index contributed by atoms with van der Waals surface area (Å²) < 4.78 is 19.1. The maximum absolute atomic E-state index is 8.94. The van der Waals surface area contributed by atoms with Crippen LogP contribution in [0.5, 0.6) is 0 Å². The van der Waals surface area contributed by atoms with Gasteiger partial charge >= 0.3 is 14.2 Å². The lowest BCUT2D eigenvalue weighted by Gasteiger charge is -2.32. The minimum absolute atomic E-state index is 0.191. The van der Waals surface area contributed by atoms with Crippen molar-refractivity contribution in [3.05, 3.63) is 459 Å². The molecule has 1 aliphatic rings. The predicted octanol–water partition coefficient (Wildman–Crippen LogP) is 31.8. The maximum Gasteiger partial charge on any atom is 0.494 e. The van der Waals surface area contributed by atoms with Crippen molar-refractivity contribution >= 4 is 155 Å². The largest absolute Gasteiger partial charge is 0.494 e. The Balaban J connectivity index is 0.000000114. The van der Waals surface area contributed by atoms with Crippen LogP contribution in [0.2, 0.25) is 15.7 Å². The van der Waals surface area contributed by atoms with Gasteiger partial charge in [0, 0.05) is 46.9 Å². The molecule has 0 bridgehead atoms. The van der Waals surface area contributed by atoms with E-state index < -0.39 is 7.12 Å². The molecule has 2 N–H and O–H groups in total. The zero-order valence-corrected chi connectivity index (χ0v) is 80.3. The summed E-state index contributed by atoms with van der Waals surface area (Å²) in [4.78, 5) is 27.6. The second-order valence-corrected chi connectivity index (χ2v) is 38.6. The summed E-state index contributed by atoms with van der Waals surface area (Å²) in [5.74, 6) is 0.729. The van der Waals surface area contributed by atoms with Crippen LogP contribution >= 0.6 is 68.8 Å². The number of fused-ring (bicyclic) bond motifs is 9. The molecule has 7 heterocycles. The normalized spacial score (nSPS) is 12.4. The summed E-state index contributed by atoms with van der Waals surface area (Å²) in [6.45, 7) is 8.35. The maximum atomic E-state index is 8.94. The Morgan fingerprint density at radius 3 is 0.884 bits per heavy atom. The van der Waals surface area contributed by atoms with E-state index >= 15 is 0 Å². The van der Waals surface area contributed by atoms with Crippen LogP contribution in [0, 0.1) is 0 Å². The molecule has 0 unspecified atom stereocenters. The standard InChI is InChI=1S/C46H30N2S.C30H29BO2.C22H13ClN2S.C12H11BO2.C10H4Cl2N2S/c1-3-11-31(12-4-1)33-21-23-35(24-22-33)37-15-9-16-38(29-37)39-17-10-18-40(30-39)46-47-43(45-44(48-46)41-19-7-8-20-42(41)49-45)36-27-25-34(26-28-36)32-13-5-2-6-14-32;1-29(2)30(3,4)33-31(32-29)28-15-9-14-27(21-28)26-13-8-12-25(20-26)24-18-16-23(17-19-24)22-10-6-5-7-11-22;23-22-24-19(21-20(25-22)17-8-4-5-9-18(17)26-21)16-12-10-15(11-13-16)14-6-2-1-3-7-14;14-13(15)12-8-6-11(7-9-12)10-4-2-1-3-5-10;11-9-8-7(13-10(12)14-9)5-3-1-2-4-6(5)15-8/h1-30H;5-21H,1-4H3;1-13H;1-9,14-15H;1-4H. The Hall–Kier alpha value is -14.5. The number of thiophene rings is 3. The van der Waals surface area contributed by atoms with Crippen LogP contribution in [0.25, 0.3) is 195 Å². The van der Waals surface area contributed by atoms with Gasteiger partial charge in [-0.1, -0.05) is 418 Å². The second-order valence-electron chi connectivity index (χ2n) is 34.4. The molecule has 1 saturated heterocycles. The topological polar surface area (TPSA) is 136 Å². The van der Waals surface area contributed by atoms with Crippen molar-refractivity contribution in [1.29, 1.82) is 0 Å². The summed E-state index contributed by atoms with van der Waals surface area (Å²) in [7, 11) is -1.75. The third-order valence-electron chi connectivity index (χ3n) is 25.0. The fourth-order valence-electron chi connectivity index (χ4n) is 17.0. The van der Waals surface area contributed by atoms with Gasteiger partial charge in [0.2, 0.25) is 10.6 Å². The van der Waals surface area contributed by atoms with Gasteiger partial charge in [0.15, 0.2) is 11.0 Å². The molecule has 18 heteroatoms. The van der Waals surface area contributed by atoms with Crippen molar-refractivity contribution in [1.82, 2.24) is 29.9 Å². The molecule has 1 fully saturated rings. The highest BCUT2D eigenvalue weighted by molar-refractivity contribution is 7.27. The Morgan fingerprint density at radius 2 is 0.507 bits per heavy atom. The molecule has 0 spiro atoms. The molecule has 0 aliphatic carbocycles. The van der Waals surface area contributed by atoms with Crippen molar-refractivity contribution in [2.75, 3.05) is 0 Å². The molecule has 6 aromatic heterocycles. The van der Waals surface area contributed by atoms with E-state index in [0.29, 0.717) is 10.6 Å². The molecule has 666 valence electrons. The minimum atomic E-state index is -1.39. The molecular weight excluding hydrogens is 1810 g/mol. The predicted molar refractivity (Wildman–Crippen MR) is 583 cm³/mol. The Morgan fingerprint density at radius 1 is 0.246 bits per heavy atom. The van der Waals surface area contributed by atoms with Crippen LogP contribution in [0.4, 0.5) is 0 Å². The highest BCUT2D eigenvalue weighted by atomic mass is 35.5. The molecule has 138 heavy (non-hydrogen) atoms. The third kappa shape index (κ3) is 20.2. The summed E-state index contributed by atoms with van der Waals surface area (Å²) in [5.41, 5.74) is 29.9. The Labute approximate surface area is 828 Å². The summed E-state index contributed by atoms with van der Waals surface area (Å²) in [6, 6.07) is 153. The van der Waals surface area contributed by atoms with Gasteiger partial charge in [-0.25, -0.2) is 29.9 Å². The highest BCUT2D eigenvalue weighted by Crippen LogP contribution is 2.45. The van der Waals surface area contributed by atoms with Gasteiger partial charge in [0.25, 0.3) is 0 Å². The molecule has 1 aliphatic heterocycles. The summed E-state index contributed by atoms with van der Waals surface area (Å²) in [6.07, 6.45) is 0. The first kappa shape index (κ1) is 91.2. The van der Waals surface area contributed by atoms with Gasteiger partial charge in [-0.05, 0) is 198 Å². The first-order valence-corrected chi connectivity index (χ1v) is 49.0. The lowest BCUT2D eigenvalue weighted by molar-refractivity contribution is 0.00578. The van der Waals surface area contributed by atoms with E-state index in [1.165, 1.54) is 81.7 Å². The molecule has 0 atom stereocenters. The van der Waals surface area contributed by atoms with Crippen LogP contribution < -0.4 is 10.9 Å². The minimum Gasteiger partial charge on any atom is -0.423 e. The van der Waals surface area contributed by atoms with Gasteiger partial charge in [-0.15, -0.1) is 34.0 Å². The SMILES string of the molecule is CC1(C)OB(c2cccc(-c3cccc(-c4ccc(-c5ccccc5)cc4)c3)c2)OC1(C)C.Clc1nc(-c2ccc(-c3ccccc3)cc2)c2sc3ccccc3c2n1.Clc1nc(Cl)c2sc3ccccc3c2n1.OB(O)c1ccc(-c2ccccc2)cc1.c1ccc(-c2ccc(-c3cccc(-c4cccc(-c5nc(-c6ccc(-c7ccccc7)cc6)c6sc7ccccc7c6n5)c4)c3)cc2)cc1. The van der Waals surface area contributed by atoms with Crippen LogP contribution in [0.1, 0.15) is 27.7 Å². The number of rotatable bonds is 14. The van der Waals surface area contributed by atoms with E-state index in [4.69, 9.17) is 64.1 Å². The zero-order chi connectivity index (χ0) is 94.2. The molecule has 23 aromatic rings. The lowest BCUT2D eigenvalue weighted by atomic mass is 9.78. The molecule has 17 aromatic carbocycles. The van der Waals surface area contributed by atoms with Crippen LogP contribution in [-0.2, 0) is 9.31 Å². The number of benzene rings is 17. The average molecular weight is 1900 g/mol. The van der Waals surface area contributed by atoms with Crippen molar-refractivity contribution in [2.45, 2.75) is 38.9 Å². The first-order chi connectivity index (χ1) is 67.4. The fraction of sp³-hybridized carbons (Fsp3) is 0.0500. The summed E-state index contributed by atoms with van der Waals surface area (Å²) in [5, 5.41) is 22.1. The van der Waals surface area contributed by atoms with Crippen LogP contribution in [0.15, 0.2) is 443 Å². The number of aromatic nitrogens is 6. The van der Waals surface area contributed by atoms with Crippen molar-refractivity contribution in [3.8, 4) is 134 Å². The monoisotopic (exact) mass is 1900 g/mol. The quantitative estimate of drug-likeness (QED) is 0.0615. The van der Waals surface area contributed by atoms with Gasteiger partial charge < -0.3 is 19.4 Å². The van der Waals surface area contributed by atoms with E-state index in [1.54, 1.807) is 46.1 Å². The van der Waals surface area contributed by atoms with Crippen LogP contribution in [-0.4, -0.2) is 65.4 Å². The zero-order valence-electron chi connectivity index (χ0n) is 75.6. The summed E-state index contributed by atoms with van der Waals surface area (Å²) >= 11 is 23.1. The first-order valence-electron chi connectivity index (χ1n) is 45.4. The van der Waals surface area contributed by atoms with Gasteiger partial charge in [-0.2, -0.15) is 0 Å². The van der Waals surface area contributed by atoms with Gasteiger partial charge in [-0.3, -0.25) is 0 Å². The Bertz CT molecular complexity index is 8240. The van der Waals surface area contributed by atoms with Crippen molar-refractivity contribution < 1.29 is 19.4 Å². The van der Waals surface area contributed by atoms with Crippen molar-refractivity contribution in [2.24, 2.45) is 0 Å². The molecule has 0 amide bonds. The van der Waals surface area contributed by atoms with E-state index in [9.17, 15) is 0 Å². The van der Waals surface area contributed by atoms with Gasteiger partial charge in [0.1, 0.15) is 0 Å². The lowest BCUT2D eigenvalue weighted by Crippen LogP contribution is -2.41. The number of halogens is 3. The van der Waals surface area contributed by atoms with E-state index in [2.05, 4.69) is 375 Å².